The Balaban J connectivity index is 2.75. The van der Waals surface area contributed by atoms with E-state index in [-0.39, 0.29) is 12.1 Å². The first-order chi connectivity index (χ1) is 12.0. The molecule has 0 amide bonds. The predicted molar refractivity (Wildman–Crippen MR) is 106 cm³/mol. The maximum absolute atomic E-state index is 13.0. The normalized spacial score (nSPS) is 11.8. The lowest BCUT2D eigenvalue weighted by Gasteiger charge is -2.20. The van der Waals surface area contributed by atoms with Crippen molar-refractivity contribution in [2.45, 2.75) is 53.6 Å². The van der Waals surface area contributed by atoms with Crippen LogP contribution in [0.3, 0.4) is 0 Å². The summed E-state index contributed by atoms with van der Waals surface area (Å²) >= 11 is 0. The number of nitrogens with zero attached hydrogens (tertiary/aromatic N) is 1. The standard InChI is InChI=1S/C21H30N2O2/c1-5-7-11-25-20-18-12-16(8-6-2)9-10-17(18)21(24)23(14-15(3)4)19(20)13-22/h6,8-10,12,15H,5,7,11,13-14,22H2,1-4H3/b8-6+. The van der Waals surface area contributed by atoms with Gasteiger partial charge in [0.25, 0.3) is 5.56 Å². The zero-order chi connectivity index (χ0) is 18.4. The van der Waals surface area contributed by atoms with Gasteiger partial charge in [0.1, 0.15) is 5.75 Å². The molecule has 1 heterocycles. The van der Waals surface area contributed by atoms with Crippen LogP contribution in [0, 0.1) is 5.92 Å². The van der Waals surface area contributed by atoms with Gasteiger partial charge in [-0.3, -0.25) is 4.79 Å². The third kappa shape index (κ3) is 4.31. The monoisotopic (exact) mass is 342 g/mol. The Morgan fingerprint density at radius 3 is 2.64 bits per heavy atom. The van der Waals surface area contributed by atoms with Gasteiger partial charge < -0.3 is 15.0 Å². The lowest BCUT2D eigenvalue weighted by atomic mass is 10.0. The van der Waals surface area contributed by atoms with Gasteiger partial charge in [-0.1, -0.05) is 45.4 Å². The largest absolute Gasteiger partial charge is 0.491 e. The van der Waals surface area contributed by atoms with Crippen LogP contribution in [-0.4, -0.2) is 11.2 Å². The number of nitrogens with two attached hydrogens (primary N) is 1. The lowest BCUT2D eigenvalue weighted by Crippen LogP contribution is -2.28. The highest BCUT2D eigenvalue weighted by Crippen LogP contribution is 2.29. The summed E-state index contributed by atoms with van der Waals surface area (Å²) in [6.45, 7) is 9.87. The molecule has 0 aliphatic rings. The van der Waals surface area contributed by atoms with Crippen molar-refractivity contribution in [3.05, 3.63) is 45.9 Å². The highest BCUT2D eigenvalue weighted by Gasteiger charge is 2.18. The molecule has 1 aromatic heterocycles. The summed E-state index contributed by atoms with van der Waals surface area (Å²) in [4.78, 5) is 13.0. The molecule has 0 aliphatic heterocycles. The Hall–Kier alpha value is -2.07. The molecule has 0 saturated carbocycles. The van der Waals surface area contributed by atoms with Crippen LogP contribution in [0.25, 0.3) is 16.8 Å². The Morgan fingerprint density at radius 2 is 2.04 bits per heavy atom. The number of allylic oxidation sites excluding steroid dienone is 1. The summed E-state index contributed by atoms with van der Waals surface area (Å²) in [5.74, 6) is 1.11. The van der Waals surface area contributed by atoms with E-state index < -0.39 is 0 Å². The topological polar surface area (TPSA) is 57.2 Å². The fourth-order valence-electron chi connectivity index (χ4n) is 3.02. The summed E-state index contributed by atoms with van der Waals surface area (Å²) in [5.41, 5.74) is 7.89. The molecule has 0 fully saturated rings. The van der Waals surface area contributed by atoms with Crippen molar-refractivity contribution in [1.29, 1.82) is 0 Å². The van der Waals surface area contributed by atoms with Crippen molar-refractivity contribution in [2.75, 3.05) is 6.61 Å². The zero-order valence-corrected chi connectivity index (χ0v) is 15.8. The second kappa shape index (κ2) is 8.86. The minimum atomic E-state index is 0.0130. The second-order valence-electron chi connectivity index (χ2n) is 6.80. The number of hydrogen-bond acceptors (Lipinski definition) is 3. The number of ether oxygens (including phenoxy) is 1. The number of benzene rings is 1. The van der Waals surface area contributed by atoms with Crippen LogP contribution in [0.1, 0.15) is 51.8 Å². The molecule has 136 valence electrons. The molecule has 0 spiro atoms. The highest BCUT2D eigenvalue weighted by molar-refractivity contribution is 5.90. The van der Waals surface area contributed by atoms with Crippen LogP contribution in [-0.2, 0) is 13.1 Å². The second-order valence-corrected chi connectivity index (χ2v) is 6.80. The molecule has 1 aromatic carbocycles. The average molecular weight is 342 g/mol. The fraction of sp³-hybridized carbons (Fsp3) is 0.476. The number of unbranched alkanes of at least 4 members (excludes halogenated alkanes) is 1. The third-order valence-corrected chi connectivity index (χ3v) is 4.20. The van der Waals surface area contributed by atoms with Gasteiger partial charge >= 0.3 is 0 Å². The Morgan fingerprint density at radius 1 is 1.28 bits per heavy atom. The molecular weight excluding hydrogens is 312 g/mol. The summed E-state index contributed by atoms with van der Waals surface area (Å²) in [5, 5.41) is 1.55. The Bertz CT molecular complexity index is 804. The number of aromatic nitrogens is 1. The minimum absolute atomic E-state index is 0.0130. The molecule has 0 atom stereocenters. The van der Waals surface area contributed by atoms with Crippen LogP contribution in [0.15, 0.2) is 29.1 Å². The maximum Gasteiger partial charge on any atom is 0.258 e. The molecular formula is C21H30N2O2. The van der Waals surface area contributed by atoms with Crippen LogP contribution < -0.4 is 16.0 Å². The van der Waals surface area contributed by atoms with Gasteiger partial charge in [0.15, 0.2) is 0 Å². The average Bonchev–Trinajstić information content (AvgIpc) is 2.58. The van der Waals surface area contributed by atoms with Crippen molar-refractivity contribution in [3.8, 4) is 5.75 Å². The molecule has 0 saturated heterocycles. The van der Waals surface area contributed by atoms with Gasteiger partial charge in [-0.25, -0.2) is 0 Å². The maximum atomic E-state index is 13.0. The third-order valence-electron chi connectivity index (χ3n) is 4.20. The minimum Gasteiger partial charge on any atom is -0.491 e. The van der Waals surface area contributed by atoms with Gasteiger partial charge in [0.05, 0.1) is 17.7 Å². The van der Waals surface area contributed by atoms with E-state index in [0.29, 0.717) is 24.5 Å². The molecule has 0 bridgehead atoms. The van der Waals surface area contributed by atoms with Crippen molar-refractivity contribution in [1.82, 2.24) is 4.57 Å². The van der Waals surface area contributed by atoms with Crippen LogP contribution in [0.5, 0.6) is 5.75 Å². The molecule has 4 heteroatoms. The van der Waals surface area contributed by atoms with Gasteiger partial charge in [0.2, 0.25) is 0 Å². The molecule has 25 heavy (non-hydrogen) atoms. The van der Waals surface area contributed by atoms with Crippen LogP contribution in [0.2, 0.25) is 0 Å². The number of fused-ring (bicyclic) bond motifs is 1. The Kier molecular flexibility index (Phi) is 6.82. The number of hydrogen-bond donors (Lipinski definition) is 1. The van der Waals surface area contributed by atoms with Gasteiger partial charge in [-0.15, -0.1) is 0 Å². The van der Waals surface area contributed by atoms with Gasteiger partial charge in [0, 0.05) is 18.5 Å². The zero-order valence-electron chi connectivity index (χ0n) is 15.8. The van der Waals surface area contributed by atoms with E-state index in [4.69, 9.17) is 10.5 Å². The van der Waals surface area contributed by atoms with Crippen LogP contribution in [0.4, 0.5) is 0 Å². The molecule has 2 aromatic rings. The molecule has 2 N–H and O–H groups in total. The van der Waals surface area contributed by atoms with Crippen molar-refractivity contribution in [2.24, 2.45) is 11.7 Å². The van der Waals surface area contributed by atoms with Gasteiger partial charge in [-0.2, -0.15) is 0 Å². The number of pyridine rings is 1. The fourth-order valence-corrected chi connectivity index (χ4v) is 3.02. The first-order valence-corrected chi connectivity index (χ1v) is 9.18. The van der Waals surface area contributed by atoms with E-state index >= 15 is 0 Å². The van der Waals surface area contributed by atoms with Crippen molar-refractivity contribution in [3.63, 3.8) is 0 Å². The summed E-state index contributed by atoms with van der Waals surface area (Å²) in [6, 6.07) is 5.90. The quantitative estimate of drug-likeness (QED) is 0.727. The van der Waals surface area contributed by atoms with Crippen molar-refractivity contribution >= 4 is 16.8 Å². The van der Waals surface area contributed by atoms with E-state index in [1.54, 1.807) is 4.57 Å². The first kappa shape index (κ1) is 19.3. The molecule has 2 rings (SSSR count). The van der Waals surface area contributed by atoms with E-state index in [1.165, 1.54) is 0 Å². The van der Waals surface area contributed by atoms with E-state index in [2.05, 4.69) is 20.8 Å². The highest BCUT2D eigenvalue weighted by atomic mass is 16.5. The Labute approximate surface area is 150 Å². The van der Waals surface area contributed by atoms with Crippen molar-refractivity contribution < 1.29 is 4.74 Å². The number of rotatable bonds is 8. The summed E-state index contributed by atoms with van der Waals surface area (Å²) in [6.07, 6.45) is 6.05. The van der Waals surface area contributed by atoms with Crippen LogP contribution >= 0.6 is 0 Å². The summed E-state index contributed by atoms with van der Waals surface area (Å²) < 4.78 is 7.92. The summed E-state index contributed by atoms with van der Waals surface area (Å²) in [7, 11) is 0. The molecule has 0 unspecified atom stereocenters. The smallest absolute Gasteiger partial charge is 0.258 e. The van der Waals surface area contributed by atoms with E-state index in [1.807, 2.05) is 37.3 Å². The molecule has 0 radical (unpaired) electrons. The predicted octanol–water partition coefficient (Wildman–Crippen LogP) is 4.33. The van der Waals surface area contributed by atoms with Gasteiger partial charge in [-0.05, 0) is 37.0 Å². The lowest BCUT2D eigenvalue weighted by molar-refractivity contribution is 0.304. The van der Waals surface area contributed by atoms with E-state index in [9.17, 15) is 4.79 Å². The SMILES string of the molecule is C/C=C/c1ccc2c(=O)n(CC(C)C)c(CN)c(OCCCC)c2c1. The molecule has 0 aliphatic carbocycles. The van der Waals surface area contributed by atoms with E-state index in [0.717, 1.165) is 35.2 Å². The first-order valence-electron chi connectivity index (χ1n) is 9.18. The molecule has 4 nitrogen and oxygen atoms in total.